The lowest BCUT2D eigenvalue weighted by Gasteiger charge is -2.06. The average molecular weight is 275 g/mol. The van der Waals surface area contributed by atoms with Crippen molar-refractivity contribution >= 4 is 11.9 Å². The van der Waals surface area contributed by atoms with Gasteiger partial charge in [0, 0.05) is 6.54 Å². The number of nitrogens with zero attached hydrogens (tertiary/aromatic N) is 3. The highest BCUT2D eigenvalue weighted by atomic mass is 16.5. The number of carbonyl (C=O) groups is 1. The van der Waals surface area contributed by atoms with Crippen molar-refractivity contribution in [2.45, 2.75) is 13.0 Å². The molecule has 0 radical (unpaired) electrons. The van der Waals surface area contributed by atoms with E-state index in [2.05, 4.69) is 15.4 Å². The minimum atomic E-state index is -0.127. The largest absolute Gasteiger partial charge is 0.497 e. The highest BCUT2D eigenvalue weighted by Gasteiger charge is 2.04. The van der Waals surface area contributed by atoms with Crippen LogP contribution in [0.25, 0.3) is 0 Å². The number of hydrogen-bond acceptors (Lipinski definition) is 5. The Morgan fingerprint density at radius 1 is 1.50 bits per heavy atom. The molecule has 0 aliphatic rings. The third kappa shape index (κ3) is 3.98. The predicted octanol–water partition coefficient (Wildman–Crippen LogP) is 0.228. The van der Waals surface area contributed by atoms with Crippen LogP contribution in [0.1, 0.15) is 5.56 Å². The standard InChI is InChI=1S/C13H17N5O2/c1-20-11-4-2-3-10(7-11)5-6-15-12(19)8-18-9-16-13(14)17-18/h2-4,7,9H,5-6,8H2,1H3,(H2,14,17)(H,15,19). The number of hydrogen-bond donors (Lipinski definition) is 2. The summed E-state index contributed by atoms with van der Waals surface area (Å²) >= 11 is 0. The molecule has 1 aromatic carbocycles. The normalized spacial score (nSPS) is 10.2. The minimum absolute atomic E-state index is 0.113. The fourth-order valence-corrected chi connectivity index (χ4v) is 1.76. The lowest BCUT2D eigenvalue weighted by atomic mass is 10.1. The lowest BCUT2D eigenvalue weighted by molar-refractivity contribution is -0.121. The third-order valence-electron chi connectivity index (χ3n) is 2.73. The number of nitrogen functional groups attached to an aromatic ring is 1. The van der Waals surface area contributed by atoms with Crippen molar-refractivity contribution < 1.29 is 9.53 Å². The Hall–Kier alpha value is -2.57. The molecule has 0 saturated carbocycles. The van der Waals surface area contributed by atoms with Crippen LogP contribution in [0.15, 0.2) is 30.6 Å². The zero-order chi connectivity index (χ0) is 14.4. The number of carbonyl (C=O) groups excluding carboxylic acids is 1. The fourth-order valence-electron chi connectivity index (χ4n) is 1.76. The topological polar surface area (TPSA) is 95.1 Å². The fraction of sp³-hybridized carbons (Fsp3) is 0.308. The van der Waals surface area contributed by atoms with Gasteiger partial charge >= 0.3 is 0 Å². The van der Waals surface area contributed by atoms with Crippen molar-refractivity contribution in [1.82, 2.24) is 20.1 Å². The molecule has 0 bridgehead atoms. The molecular formula is C13H17N5O2. The first-order chi connectivity index (χ1) is 9.67. The highest BCUT2D eigenvalue weighted by Crippen LogP contribution is 2.12. The molecule has 20 heavy (non-hydrogen) atoms. The van der Waals surface area contributed by atoms with Crippen LogP contribution in [0.3, 0.4) is 0 Å². The first-order valence-corrected chi connectivity index (χ1v) is 6.22. The minimum Gasteiger partial charge on any atom is -0.497 e. The van der Waals surface area contributed by atoms with Crippen molar-refractivity contribution in [3.63, 3.8) is 0 Å². The SMILES string of the molecule is COc1cccc(CCNC(=O)Cn2cnc(N)n2)c1. The molecule has 1 heterocycles. The van der Waals surface area contributed by atoms with E-state index in [-0.39, 0.29) is 18.4 Å². The van der Waals surface area contributed by atoms with Gasteiger partial charge in [0.1, 0.15) is 18.6 Å². The van der Waals surface area contributed by atoms with Gasteiger partial charge in [0.05, 0.1) is 7.11 Å². The molecule has 0 saturated heterocycles. The van der Waals surface area contributed by atoms with E-state index in [1.807, 2.05) is 24.3 Å². The van der Waals surface area contributed by atoms with Crippen LogP contribution in [-0.2, 0) is 17.8 Å². The number of nitrogens with two attached hydrogens (primary N) is 1. The van der Waals surface area contributed by atoms with Crippen molar-refractivity contribution in [1.29, 1.82) is 0 Å². The van der Waals surface area contributed by atoms with Gasteiger partial charge in [-0.2, -0.15) is 0 Å². The van der Waals surface area contributed by atoms with E-state index >= 15 is 0 Å². The van der Waals surface area contributed by atoms with Crippen LogP contribution in [-0.4, -0.2) is 34.3 Å². The Morgan fingerprint density at radius 2 is 2.35 bits per heavy atom. The lowest BCUT2D eigenvalue weighted by Crippen LogP contribution is -2.29. The van der Waals surface area contributed by atoms with Gasteiger partial charge < -0.3 is 15.8 Å². The maximum atomic E-state index is 11.7. The van der Waals surface area contributed by atoms with Gasteiger partial charge in [0.25, 0.3) is 0 Å². The quantitative estimate of drug-likeness (QED) is 0.786. The summed E-state index contributed by atoms with van der Waals surface area (Å²) in [4.78, 5) is 15.4. The van der Waals surface area contributed by atoms with Crippen LogP contribution in [0.5, 0.6) is 5.75 Å². The number of nitrogens with one attached hydrogen (secondary N) is 1. The summed E-state index contributed by atoms with van der Waals surface area (Å²) in [6.07, 6.45) is 2.17. The molecule has 2 rings (SSSR count). The van der Waals surface area contributed by atoms with Crippen molar-refractivity contribution in [2.75, 3.05) is 19.4 Å². The molecule has 0 aliphatic carbocycles. The molecule has 7 nitrogen and oxygen atoms in total. The zero-order valence-corrected chi connectivity index (χ0v) is 11.2. The number of anilines is 1. The number of rotatable bonds is 6. The average Bonchev–Trinajstić information content (AvgIpc) is 2.84. The first kappa shape index (κ1) is 13.9. The first-order valence-electron chi connectivity index (χ1n) is 6.22. The number of benzene rings is 1. The summed E-state index contributed by atoms with van der Waals surface area (Å²) in [5, 5.41) is 6.66. The molecule has 2 aromatic rings. The van der Waals surface area contributed by atoms with Gasteiger partial charge in [-0.15, -0.1) is 5.10 Å². The van der Waals surface area contributed by atoms with E-state index in [4.69, 9.17) is 10.5 Å². The van der Waals surface area contributed by atoms with Crippen molar-refractivity contribution in [3.05, 3.63) is 36.2 Å². The molecular weight excluding hydrogens is 258 g/mol. The van der Waals surface area contributed by atoms with Crippen molar-refractivity contribution in [2.24, 2.45) is 0 Å². The number of ether oxygens (including phenoxy) is 1. The summed E-state index contributed by atoms with van der Waals surface area (Å²) in [5.74, 6) is 0.846. The van der Waals surface area contributed by atoms with E-state index < -0.39 is 0 Å². The summed E-state index contributed by atoms with van der Waals surface area (Å²) in [6, 6.07) is 7.75. The molecule has 0 unspecified atom stereocenters. The molecule has 1 aromatic heterocycles. The molecule has 0 aliphatic heterocycles. The van der Waals surface area contributed by atoms with E-state index in [1.165, 1.54) is 11.0 Å². The maximum absolute atomic E-state index is 11.7. The van der Waals surface area contributed by atoms with Gasteiger partial charge in [-0.05, 0) is 24.1 Å². The predicted molar refractivity (Wildman–Crippen MR) is 74.1 cm³/mol. The van der Waals surface area contributed by atoms with Crippen molar-refractivity contribution in [3.8, 4) is 5.75 Å². The molecule has 7 heteroatoms. The molecule has 106 valence electrons. The summed E-state index contributed by atoms with van der Waals surface area (Å²) < 4.78 is 6.54. The third-order valence-corrected chi connectivity index (χ3v) is 2.73. The van der Waals surface area contributed by atoms with Crippen LogP contribution >= 0.6 is 0 Å². The van der Waals surface area contributed by atoms with E-state index in [1.54, 1.807) is 7.11 Å². The Kier molecular flexibility index (Phi) is 4.54. The van der Waals surface area contributed by atoms with Gasteiger partial charge in [0.15, 0.2) is 0 Å². The van der Waals surface area contributed by atoms with Crippen LogP contribution in [0.4, 0.5) is 5.95 Å². The number of amides is 1. The number of methoxy groups -OCH3 is 1. The second-order valence-electron chi connectivity index (χ2n) is 4.25. The monoisotopic (exact) mass is 275 g/mol. The van der Waals surface area contributed by atoms with Crippen LogP contribution in [0, 0.1) is 0 Å². The van der Waals surface area contributed by atoms with E-state index in [0.29, 0.717) is 6.54 Å². The maximum Gasteiger partial charge on any atom is 0.241 e. The molecule has 0 spiro atoms. The molecule has 0 atom stereocenters. The second kappa shape index (κ2) is 6.55. The van der Waals surface area contributed by atoms with Crippen LogP contribution < -0.4 is 15.8 Å². The molecule has 0 fully saturated rings. The highest BCUT2D eigenvalue weighted by molar-refractivity contribution is 5.75. The summed E-state index contributed by atoms with van der Waals surface area (Å²) in [5.41, 5.74) is 6.48. The van der Waals surface area contributed by atoms with Gasteiger partial charge in [0.2, 0.25) is 11.9 Å². The smallest absolute Gasteiger partial charge is 0.241 e. The summed E-state index contributed by atoms with van der Waals surface area (Å²) in [7, 11) is 1.63. The van der Waals surface area contributed by atoms with Gasteiger partial charge in [-0.1, -0.05) is 12.1 Å². The van der Waals surface area contributed by atoms with Crippen LogP contribution in [0.2, 0.25) is 0 Å². The molecule has 1 amide bonds. The Bertz CT molecular complexity index is 582. The summed E-state index contributed by atoms with van der Waals surface area (Å²) in [6.45, 7) is 0.665. The second-order valence-corrected chi connectivity index (χ2v) is 4.25. The Morgan fingerprint density at radius 3 is 3.05 bits per heavy atom. The Labute approximate surface area is 116 Å². The van der Waals surface area contributed by atoms with Gasteiger partial charge in [-0.3, -0.25) is 4.79 Å². The van der Waals surface area contributed by atoms with E-state index in [9.17, 15) is 4.79 Å². The van der Waals surface area contributed by atoms with E-state index in [0.717, 1.165) is 17.7 Å². The molecule has 3 N–H and O–H groups in total. The zero-order valence-electron chi connectivity index (χ0n) is 11.2. The number of aromatic nitrogens is 3. The van der Waals surface area contributed by atoms with Gasteiger partial charge in [-0.25, -0.2) is 9.67 Å². The Balaban J connectivity index is 1.76.